The van der Waals surface area contributed by atoms with Crippen molar-refractivity contribution in [2.75, 3.05) is 7.11 Å². The number of H-pyrrole nitrogens is 1. The second kappa shape index (κ2) is 12.1. The number of aromatic amines is 1. The predicted octanol–water partition coefficient (Wildman–Crippen LogP) is 8.01. The lowest BCUT2D eigenvalue weighted by Crippen LogP contribution is -2.19. The second-order valence-corrected chi connectivity index (χ2v) is 10.7. The Kier molecular flexibility index (Phi) is 8.35. The van der Waals surface area contributed by atoms with Crippen LogP contribution >= 0.6 is 43.5 Å². The molecule has 0 aliphatic carbocycles. The van der Waals surface area contributed by atoms with E-state index in [1.165, 1.54) is 6.21 Å². The highest BCUT2D eigenvalue weighted by Crippen LogP contribution is 2.37. The van der Waals surface area contributed by atoms with Crippen LogP contribution in [0.3, 0.4) is 0 Å². The molecule has 5 aromatic rings. The van der Waals surface area contributed by atoms with Crippen LogP contribution in [-0.4, -0.2) is 30.2 Å². The number of hydrogen-bond acceptors (Lipinski definition) is 5. The number of para-hydroxylation sites is 1. The third-order valence-corrected chi connectivity index (χ3v) is 7.38. The fraction of sp³-hybridized carbons (Fsp3) is 0.0333. The minimum Gasteiger partial charge on any atom is -0.495 e. The molecule has 7 nitrogen and oxygen atoms in total. The third-order valence-electron chi connectivity index (χ3n) is 6.00. The number of fused-ring (bicyclic) bond motifs is 1. The Morgan fingerprint density at radius 1 is 0.975 bits per heavy atom. The van der Waals surface area contributed by atoms with Crippen molar-refractivity contribution in [2.45, 2.75) is 0 Å². The summed E-state index contributed by atoms with van der Waals surface area (Å²) < 4.78 is 12.4. The van der Waals surface area contributed by atoms with Crippen LogP contribution in [0.5, 0.6) is 11.5 Å². The van der Waals surface area contributed by atoms with Gasteiger partial charge in [-0.25, -0.2) is 10.2 Å². The molecule has 0 aliphatic rings. The highest BCUT2D eigenvalue weighted by atomic mass is 79.9. The van der Waals surface area contributed by atoms with E-state index >= 15 is 0 Å². The van der Waals surface area contributed by atoms with E-state index < -0.39 is 11.9 Å². The molecule has 0 unspecified atom stereocenters. The first-order chi connectivity index (χ1) is 19.4. The first-order valence-electron chi connectivity index (χ1n) is 11.9. The summed E-state index contributed by atoms with van der Waals surface area (Å²) in [5.74, 6) is -0.267. The SMILES string of the molecule is COc1cccc2c(-c3ccccc3)c(C(=O)NN=Cc3cc(Br)cc(Br)c3OC(=O)c3ccccc3Cl)[nH]c12. The number of amides is 1. The van der Waals surface area contributed by atoms with Gasteiger partial charge in [-0.05, 0) is 51.8 Å². The van der Waals surface area contributed by atoms with Crippen molar-refractivity contribution in [1.29, 1.82) is 0 Å². The minimum atomic E-state index is -0.633. The molecule has 10 heteroatoms. The number of nitrogens with zero attached hydrogens (tertiary/aromatic N) is 1. The Bertz CT molecular complexity index is 1770. The fourth-order valence-corrected chi connectivity index (χ4v) is 5.76. The third kappa shape index (κ3) is 5.67. The van der Waals surface area contributed by atoms with Crippen LogP contribution in [0.15, 0.2) is 99.0 Å². The zero-order valence-electron chi connectivity index (χ0n) is 20.9. The molecule has 4 aromatic carbocycles. The van der Waals surface area contributed by atoms with Crippen molar-refractivity contribution in [3.8, 4) is 22.6 Å². The summed E-state index contributed by atoms with van der Waals surface area (Å²) in [5.41, 5.74) is 5.84. The summed E-state index contributed by atoms with van der Waals surface area (Å²) in [4.78, 5) is 29.4. The second-order valence-electron chi connectivity index (χ2n) is 8.50. The van der Waals surface area contributed by atoms with E-state index in [1.807, 2.05) is 48.5 Å². The number of hydrogen-bond donors (Lipinski definition) is 2. The van der Waals surface area contributed by atoms with Crippen molar-refractivity contribution in [2.24, 2.45) is 5.10 Å². The van der Waals surface area contributed by atoms with Gasteiger partial charge in [-0.2, -0.15) is 5.10 Å². The smallest absolute Gasteiger partial charge is 0.345 e. The number of rotatable bonds is 7. The Balaban J connectivity index is 1.46. The van der Waals surface area contributed by atoms with Crippen molar-refractivity contribution >= 4 is 72.5 Å². The van der Waals surface area contributed by atoms with Crippen LogP contribution in [0.1, 0.15) is 26.4 Å². The molecule has 0 fully saturated rings. The lowest BCUT2D eigenvalue weighted by atomic mass is 10.0. The molecular formula is C30H20Br2ClN3O4. The monoisotopic (exact) mass is 679 g/mol. The maximum Gasteiger partial charge on any atom is 0.345 e. The fourth-order valence-electron chi connectivity index (χ4n) is 4.21. The molecular weight excluding hydrogens is 662 g/mol. The standard InChI is InChI=1S/C30H20Br2ClN3O4/c1-39-24-13-7-11-21-25(17-8-3-2-4-9-17)27(35-26(21)24)29(37)36-34-16-18-14-19(31)15-22(32)28(18)40-30(38)20-10-5-6-12-23(20)33/h2-16,35H,1H3,(H,36,37). The number of nitrogens with one attached hydrogen (secondary N) is 2. The highest BCUT2D eigenvalue weighted by molar-refractivity contribution is 9.11. The molecule has 1 heterocycles. The molecule has 1 amide bonds. The Hall–Kier alpha value is -3.92. The van der Waals surface area contributed by atoms with Gasteiger partial charge in [-0.3, -0.25) is 4.79 Å². The van der Waals surface area contributed by atoms with Crippen LogP contribution in [-0.2, 0) is 0 Å². The van der Waals surface area contributed by atoms with Crippen molar-refractivity contribution in [1.82, 2.24) is 10.4 Å². The van der Waals surface area contributed by atoms with Gasteiger partial charge in [0.1, 0.15) is 11.4 Å². The molecule has 0 atom stereocenters. The molecule has 0 saturated carbocycles. The Labute approximate surface area is 251 Å². The van der Waals surface area contributed by atoms with E-state index in [1.54, 1.807) is 43.5 Å². The average Bonchev–Trinajstić information content (AvgIpc) is 3.35. The first-order valence-corrected chi connectivity index (χ1v) is 13.9. The molecule has 5 rings (SSSR count). The van der Waals surface area contributed by atoms with E-state index in [4.69, 9.17) is 21.1 Å². The van der Waals surface area contributed by atoms with E-state index in [9.17, 15) is 9.59 Å². The van der Waals surface area contributed by atoms with Crippen LogP contribution in [0.2, 0.25) is 5.02 Å². The van der Waals surface area contributed by atoms with Crippen molar-refractivity contribution in [3.05, 3.63) is 116 Å². The summed E-state index contributed by atoms with van der Waals surface area (Å²) in [5, 5.41) is 5.28. The van der Waals surface area contributed by atoms with E-state index in [0.717, 1.165) is 16.5 Å². The quantitative estimate of drug-likeness (QED) is 0.0788. The van der Waals surface area contributed by atoms with Gasteiger partial charge in [-0.1, -0.05) is 82.1 Å². The number of ether oxygens (including phenoxy) is 2. The summed E-state index contributed by atoms with van der Waals surface area (Å²) in [6.07, 6.45) is 1.40. The lowest BCUT2D eigenvalue weighted by molar-refractivity contribution is 0.0733. The van der Waals surface area contributed by atoms with E-state index in [0.29, 0.717) is 31.5 Å². The molecule has 0 saturated heterocycles. The Morgan fingerprint density at radius 3 is 2.48 bits per heavy atom. The van der Waals surface area contributed by atoms with Gasteiger partial charge in [0.25, 0.3) is 5.91 Å². The summed E-state index contributed by atoms with van der Waals surface area (Å²) in [7, 11) is 1.58. The van der Waals surface area contributed by atoms with Gasteiger partial charge in [0.05, 0.1) is 33.9 Å². The number of esters is 1. The minimum absolute atomic E-state index is 0.214. The molecule has 0 radical (unpaired) electrons. The summed E-state index contributed by atoms with van der Waals surface area (Å²) in [6, 6.07) is 25.3. The number of carbonyl (C=O) groups excluding carboxylic acids is 2. The zero-order chi connectivity index (χ0) is 28.2. The Morgan fingerprint density at radius 2 is 1.73 bits per heavy atom. The van der Waals surface area contributed by atoms with Gasteiger partial charge in [-0.15, -0.1) is 0 Å². The number of aromatic nitrogens is 1. The van der Waals surface area contributed by atoms with Gasteiger partial charge < -0.3 is 14.5 Å². The lowest BCUT2D eigenvalue weighted by Gasteiger charge is -2.11. The average molecular weight is 682 g/mol. The molecule has 0 aliphatic heterocycles. The maximum atomic E-state index is 13.4. The van der Waals surface area contributed by atoms with Crippen molar-refractivity contribution < 1.29 is 19.1 Å². The van der Waals surface area contributed by atoms with Crippen LogP contribution < -0.4 is 14.9 Å². The molecule has 1 aromatic heterocycles. The maximum absolute atomic E-state index is 13.4. The summed E-state index contributed by atoms with van der Waals surface area (Å²) in [6.45, 7) is 0. The van der Waals surface area contributed by atoms with Crippen molar-refractivity contribution in [3.63, 3.8) is 0 Å². The van der Waals surface area contributed by atoms with Gasteiger partial charge in [0.2, 0.25) is 0 Å². The molecule has 40 heavy (non-hydrogen) atoms. The number of methoxy groups -OCH3 is 1. The number of benzene rings is 4. The van der Waals surface area contributed by atoms with Gasteiger partial charge >= 0.3 is 5.97 Å². The number of hydrazone groups is 1. The predicted molar refractivity (Wildman–Crippen MR) is 164 cm³/mol. The largest absolute Gasteiger partial charge is 0.495 e. The molecule has 0 spiro atoms. The molecule has 2 N–H and O–H groups in total. The van der Waals surface area contributed by atoms with E-state index in [2.05, 4.69) is 47.4 Å². The number of carbonyl (C=O) groups is 2. The molecule has 200 valence electrons. The van der Waals surface area contributed by atoms with Crippen LogP contribution in [0, 0.1) is 0 Å². The normalized spacial score (nSPS) is 11.1. The highest BCUT2D eigenvalue weighted by Gasteiger charge is 2.21. The number of halogens is 3. The topological polar surface area (TPSA) is 92.8 Å². The van der Waals surface area contributed by atoms with Crippen LogP contribution in [0.4, 0.5) is 0 Å². The van der Waals surface area contributed by atoms with Gasteiger partial charge in [0.15, 0.2) is 5.75 Å². The zero-order valence-corrected chi connectivity index (χ0v) is 24.8. The molecule has 0 bridgehead atoms. The summed E-state index contributed by atoms with van der Waals surface area (Å²) >= 11 is 13.0. The first kappa shape index (κ1) is 27.6. The van der Waals surface area contributed by atoms with E-state index in [-0.39, 0.29) is 16.3 Å². The van der Waals surface area contributed by atoms with Crippen LogP contribution in [0.25, 0.3) is 22.0 Å². The van der Waals surface area contributed by atoms with Gasteiger partial charge in [0, 0.05) is 21.0 Å².